The summed E-state index contributed by atoms with van der Waals surface area (Å²) in [6.07, 6.45) is 0. The molecule has 1 aromatic carbocycles. The van der Waals surface area contributed by atoms with Crippen molar-refractivity contribution in [3.8, 4) is 10.6 Å². The summed E-state index contributed by atoms with van der Waals surface area (Å²) in [6.45, 7) is 0. The van der Waals surface area contributed by atoms with E-state index >= 15 is 0 Å². The Kier molecular flexibility index (Phi) is 2.04. The smallest absolute Gasteiger partial charge is 0.346 e. The van der Waals surface area contributed by atoms with E-state index in [9.17, 15) is 4.79 Å². The average molecular weight is 230 g/mol. The van der Waals surface area contributed by atoms with E-state index in [2.05, 4.69) is 10.2 Å². The van der Waals surface area contributed by atoms with Crippen molar-refractivity contribution in [1.82, 2.24) is 10.2 Å². The predicted octanol–water partition coefficient (Wildman–Crippen LogP) is 2.31. The van der Waals surface area contributed by atoms with Crippen molar-refractivity contribution in [3.05, 3.63) is 46.3 Å². The van der Waals surface area contributed by atoms with E-state index in [1.54, 1.807) is 17.6 Å². The Balaban J connectivity index is 2.34. The molecule has 0 spiro atoms. The van der Waals surface area contributed by atoms with Crippen molar-refractivity contribution in [2.75, 3.05) is 0 Å². The van der Waals surface area contributed by atoms with Crippen molar-refractivity contribution >= 4 is 22.3 Å². The molecular formula is C11H6N2O2S. The van der Waals surface area contributed by atoms with Gasteiger partial charge in [-0.15, -0.1) is 10.2 Å². The first-order valence-electron chi connectivity index (χ1n) is 4.64. The molecule has 0 atom stereocenters. The van der Waals surface area contributed by atoms with Crippen LogP contribution in [-0.2, 0) is 0 Å². The number of para-hydroxylation sites is 1. The molecule has 0 saturated heterocycles. The first-order valence-corrected chi connectivity index (χ1v) is 5.52. The molecule has 3 aromatic rings. The van der Waals surface area contributed by atoms with Crippen LogP contribution >= 0.6 is 11.3 Å². The number of rotatable bonds is 1. The first-order chi connectivity index (χ1) is 7.84. The lowest BCUT2D eigenvalue weighted by Gasteiger charge is -1.97. The minimum atomic E-state index is -0.379. The van der Waals surface area contributed by atoms with E-state index in [0.29, 0.717) is 16.2 Å². The van der Waals surface area contributed by atoms with Crippen LogP contribution in [-0.4, -0.2) is 10.2 Å². The van der Waals surface area contributed by atoms with E-state index in [1.165, 1.54) is 11.3 Å². The van der Waals surface area contributed by atoms with Crippen LogP contribution < -0.4 is 5.63 Å². The Hall–Kier alpha value is -2.01. The van der Waals surface area contributed by atoms with Gasteiger partial charge < -0.3 is 4.42 Å². The molecule has 0 saturated carbocycles. The largest absolute Gasteiger partial charge is 0.422 e. The number of nitrogens with zero attached hydrogens (tertiary/aromatic N) is 2. The molecule has 2 aromatic heterocycles. The number of aromatic nitrogens is 2. The molecule has 16 heavy (non-hydrogen) atoms. The van der Waals surface area contributed by atoms with Gasteiger partial charge in [0.05, 0.1) is 5.56 Å². The number of fused-ring (bicyclic) bond motifs is 1. The van der Waals surface area contributed by atoms with Crippen LogP contribution in [0.2, 0.25) is 0 Å². The summed E-state index contributed by atoms with van der Waals surface area (Å²) in [5.41, 5.74) is 2.25. The van der Waals surface area contributed by atoms with Gasteiger partial charge in [-0.3, -0.25) is 0 Å². The van der Waals surface area contributed by atoms with E-state index < -0.39 is 0 Å². The molecule has 0 fully saturated rings. The fourth-order valence-corrected chi connectivity index (χ4v) is 2.06. The third-order valence-electron chi connectivity index (χ3n) is 2.23. The monoisotopic (exact) mass is 230 g/mol. The molecule has 0 amide bonds. The molecule has 0 unspecified atom stereocenters. The van der Waals surface area contributed by atoms with Crippen molar-refractivity contribution in [2.24, 2.45) is 0 Å². The number of benzene rings is 1. The van der Waals surface area contributed by atoms with Crippen LogP contribution in [0.25, 0.3) is 21.5 Å². The standard InChI is InChI=1S/C11H6N2O2S/c14-11-8(10-13-12-6-16-10)5-7-3-1-2-4-9(7)15-11/h1-6H. The zero-order valence-corrected chi connectivity index (χ0v) is 8.90. The minimum Gasteiger partial charge on any atom is -0.422 e. The molecule has 3 rings (SSSR count). The maximum atomic E-state index is 11.7. The molecule has 4 nitrogen and oxygen atoms in total. The van der Waals surface area contributed by atoms with Crippen LogP contribution in [0.15, 0.2) is 45.1 Å². The summed E-state index contributed by atoms with van der Waals surface area (Å²) in [5.74, 6) is 0. The van der Waals surface area contributed by atoms with Gasteiger partial charge in [-0.2, -0.15) is 0 Å². The molecule has 0 aliphatic carbocycles. The highest BCUT2D eigenvalue weighted by Gasteiger charge is 2.09. The second kappa shape index (κ2) is 3.53. The molecule has 5 heteroatoms. The highest BCUT2D eigenvalue weighted by Crippen LogP contribution is 2.21. The van der Waals surface area contributed by atoms with Gasteiger partial charge >= 0.3 is 5.63 Å². The van der Waals surface area contributed by atoms with E-state index in [1.807, 2.05) is 18.2 Å². The Morgan fingerprint density at radius 3 is 2.94 bits per heavy atom. The molecule has 2 heterocycles. The average Bonchev–Trinajstić information content (AvgIpc) is 2.81. The van der Waals surface area contributed by atoms with E-state index in [0.717, 1.165) is 5.39 Å². The highest BCUT2D eigenvalue weighted by molar-refractivity contribution is 7.12. The van der Waals surface area contributed by atoms with Crippen LogP contribution in [0.4, 0.5) is 0 Å². The molecule has 0 N–H and O–H groups in total. The van der Waals surface area contributed by atoms with Gasteiger partial charge in [0.1, 0.15) is 11.1 Å². The van der Waals surface area contributed by atoms with Crippen molar-refractivity contribution in [2.45, 2.75) is 0 Å². The van der Waals surface area contributed by atoms with Crippen LogP contribution in [0, 0.1) is 0 Å². The molecule has 0 radical (unpaired) electrons. The zero-order valence-electron chi connectivity index (χ0n) is 8.08. The second-order valence-corrected chi connectivity index (χ2v) is 4.06. The Morgan fingerprint density at radius 1 is 1.25 bits per heavy atom. The summed E-state index contributed by atoms with van der Waals surface area (Å²) in [5, 5.41) is 9.03. The molecule has 78 valence electrons. The molecule has 0 aliphatic rings. The van der Waals surface area contributed by atoms with Crippen molar-refractivity contribution < 1.29 is 4.42 Å². The normalized spacial score (nSPS) is 10.8. The van der Waals surface area contributed by atoms with E-state index in [4.69, 9.17) is 4.42 Å². The van der Waals surface area contributed by atoms with Gasteiger partial charge in [-0.1, -0.05) is 29.5 Å². The molecule has 0 aliphatic heterocycles. The molecule has 0 bridgehead atoms. The Labute approximate surface area is 94.2 Å². The van der Waals surface area contributed by atoms with Gasteiger partial charge in [0.25, 0.3) is 0 Å². The summed E-state index contributed by atoms with van der Waals surface area (Å²) in [6, 6.07) is 9.16. The maximum absolute atomic E-state index is 11.7. The van der Waals surface area contributed by atoms with Gasteiger partial charge in [-0.25, -0.2) is 4.79 Å². The SMILES string of the molecule is O=c1oc2ccccc2cc1-c1nncs1. The zero-order chi connectivity index (χ0) is 11.0. The summed E-state index contributed by atoms with van der Waals surface area (Å²) >= 11 is 1.32. The quantitative estimate of drug-likeness (QED) is 0.602. The summed E-state index contributed by atoms with van der Waals surface area (Å²) in [4.78, 5) is 11.7. The second-order valence-electron chi connectivity index (χ2n) is 3.23. The van der Waals surface area contributed by atoms with Crippen LogP contribution in [0.1, 0.15) is 0 Å². The number of hydrogen-bond acceptors (Lipinski definition) is 5. The third kappa shape index (κ3) is 1.42. The summed E-state index contributed by atoms with van der Waals surface area (Å²) in [7, 11) is 0. The number of hydrogen-bond donors (Lipinski definition) is 0. The lowest BCUT2D eigenvalue weighted by Crippen LogP contribution is -2.02. The minimum absolute atomic E-state index is 0.379. The lowest BCUT2D eigenvalue weighted by molar-refractivity contribution is 0.563. The highest BCUT2D eigenvalue weighted by atomic mass is 32.1. The first kappa shape index (κ1) is 9.23. The van der Waals surface area contributed by atoms with E-state index in [-0.39, 0.29) is 5.63 Å². The van der Waals surface area contributed by atoms with Crippen molar-refractivity contribution in [1.29, 1.82) is 0 Å². The fourth-order valence-electron chi connectivity index (χ4n) is 1.50. The van der Waals surface area contributed by atoms with Gasteiger partial charge in [0.15, 0.2) is 5.01 Å². The van der Waals surface area contributed by atoms with Crippen LogP contribution in [0.3, 0.4) is 0 Å². The Morgan fingerprint density at radius 2 is 2.12 bits per heavy atom. The lowest BCUT2D eigenvalue weighted by atomic mass is 10.2. The maximum Gasteiger partial charge on any atom is 0.346 e. The predicted molar refractivity (Wildman–Crippen MR) is 61.4 cm³/mol. The topological polar surface area (TPSA) is 56.0 Å². The molecular weight excluding hydrogens is 224 g/mol. The van der Waals surface area contributed by atoms with Crippen LogP contribution in [0.5, 0.6) is 0 Å². The van der Waals surface area contributed by atoms with Gasteiger partial charge in [0, 0.05) is 5.39 Å². The van der Waals surface area contributed by atoms with Crippen molar-refractivity contribution in [3.63, 3.8) is 0 Å². The fraction of sp³-hybridized carbons (Fsp3) is 0. The van der Waals surface area contributed by atoms with Gasteiger partial charge in [0.2, 0.25) is 0 Å². The van der Waals surface area contributed by atoms with Gasteiger partial charge in [-0.05, 0) is 12.1 Å². The Bertz CT molecular complexity index is 689. The summed E-state index contributed by atoms with van der Waals surface area (Å²) < 4.78 is 5.20. The third-order valence-corrected chi connectivity index (χ3v) is 2.96.